The molecule has 1 aromatic rings. The number of esters is 2. The average molecular weight is 362 g/mol. The highest BCUT2D eigenvalue weighted by Crippen LogP contribution is 2.21. The molecule has 4 nitrogen and oxygen atoms in total. The minimum atomic E-state index is -0.568. The largest absolute Gasteiger partial charge is 0.465 e. The molecule has 0 aliphatic heterocycles. The molecule has 0 radical (unpaired) electrons. The third-order valence-electron chi connectivity index (χ3n) is 2.02. The van der Waals surface area contributed by atoms with Gasteiger partial charge in [-0.3, -0.25) is 0 Å². The second-order valence-corrected chi connectivity index (χ2v) is 5.74. The van der Waals surface area contributed by atoms with Gasteiger partial charge in [0.15, 0.2) is 0 Å². The van der Waals surface area contributed by atoms with Gasteiger partial charge in [-0.2, -0.15) is 0 Å². The van der Waals surface area contributed by atoms with E-state index in [-0.39, 0.29) is 0 Å². The number of hydrogen-bond acceptors (Lipinski definition) is 4. The number of benzene rings is 1. The molecule has 0 unspecified atom stereocenters. The highest BCUT2D eigenvalue weighted by atomic mass is 127. The van der Waals surface area contributed by atoms with Crippen LogP contribution < -0.4 is 0 Å². The van der Waals surface area contributed by atoms with Crippen LogP contribution in [0.4, 0.5) is 0 Å². The van der Waals surface area contributed by atoms with Crippen molar-refractivity contribution < 1.29 is 19.1 Å². The van der Waals surface area contributed by atoms with Crippen LogP contribution in [0.3, 0.4) is 0 Å². The molecule has 0 aromatic heterocycles. The lowest BCUT2D eigenvalue weighted by Crippen LogP contribution is -2.24. The van der Waals surface area contributed by atoms with Crippen molar-refractivity contribution in [2.24, 2.45) is 0 Å². The zero-order chi connectivity index (χ0) is 13.9. The van der Waals surface area contributed by atoms with E-state index in [0.29, 0.717) is 14.7 Å². The number of ether oxygens (including phenoxy) is 2. The van der Waals surface area contributed by atoms with E-state index in [1.807, 2.05) is 22.6 Å². The fourth-order valence-corrected chi connectivity index (χ4v) is 2.09. The SMILES string of the molecule is COC(=O)c1cccc(C(=O)OC(C)(C)C)c1I. The van der Waals surface area contributed by atoms with E-state index in [1.165, 1.54) is 7.11 Å². The van der Waals surface area contributed by atoms with Crippen LogP contribution in [0.25, 0.3) is 0 Å². The van der Waals surface area contributed by atoms with Crippen molar-refractivity contribution in [2.75, 3.05) is 7.11 Å². The lowest BCUT2D eigenvalue weighted by atomic mass is 10.1. The lowest BCUT2D eigenvalue weighted by Gasteiger charge is -2.20. The van der Waals surface area contributed by atoms with E-state index in [4.69, 9.17) is 4.74 Å². The Labute approximate surface area is 120 Å². The van der Waals surface area contributed by atoms with Gasteiger partial charge in [0.25, 0.3) is 0 Å². The summed E-state index contributed by atoms with van der Waals surface area (Å²) in [5.74, 6) is -0.914. The van der Waals surface area contributed by atoms with Gasteiger partial charge in [0.05, 0.1) is 18.2 Å². The van der Waals surface area contributed by atoms with Gasteiger partial charge in [0.2, 0.25) is 0 Å². The molecule has 0 aliphatic rings. The summed E-state index contributed by atoms with van der Waals surface area (Å²) in [5, 5.41) is 0. The maximum Gasteiger partial charge on any atom is 0.339 e. The van der Waals surface area contributed by atoms with Crippen molar-refractivity contribution in [1.29, 1.82) is 0 Å². The molecule has 1 aromatic carbocycles. The van der Waals surface area contributed by atoms with Gasteiger partial charge in [-0.1, -0.05) is 6.07 Å². The van der Waals surface area contributed by atoms with Gasteiger partial charge in [-0.05, 0) is 55.5 Å². The zero-order valence-electron chi connectivity index (χ0n) is 10.7. The average Bonchev–Trinajstić information content (AvgIpc) is 2.26. The first kappa shape index (κ1) is 14.9. The standard InChI is InChI=1S/C13H15IO4/c1-13(2,3)18-12(16)9-7-5-6-8(10(9)14)11(15)17-4/h5-7H,1-4H3. The number of rotatable bonds is 2. The Hall–Kier alpha value is -1.11. The molecule has 1 rings (SSSR count). The van der Waals surface area contributed by atoms with Crippen LogP contribution >= 0.6 is 22.6 Å². The molecule has 0 aliphatic carbocycles. The predicted octanol–water partition coefficient (Wildman–Crippen LogP) is 3.03. The van der Waals surface area contributed by atoms with E-state index in [0.717, 1.165) is 0 Å². The Balaban J connectivity index is 3.11. The van der Waals surface area contributed by atoms with Crippen LogP contribution in [0.1, 0.15) is 41.5 Å². The minimum absolute atomic E-state index is 0.362. The second-order valence-electron chi connectivity index (χ2n) is 4.66. The minimum Gasteiger partial charge on any atom is -0.465 e. The van der Waals surface area contributed by atoms with Crippen molar-refractivity contribution in [2.45, 2.75) is 26.4 Å². The van der Waals surface area contributed by atoms with E-state index in [9.17, 15) is 9.59 Å². The topological polar surface area (TPSA) is 52.6 Å². The van der Waals surface area contributed by atoms with Gasteiger partial charge in [-0.15, -0.1) is 0 Å². The van der Waals surface area contributed by atoms with Gasteiger partial charge in [0, 0.05) is 3.57 Å². The molecule has 0 amide bonds. The van der Waals surface area contributed by atoms with E-state index < -0.39 is 17.5 Å². The molecule has 0 N–H and O–H groups in total. The van der Waals surface area contributed by atoms with Gasteiger partial charge in [0.1, 0.15) is 5.60 Å². The third kappa shape index (κ3) is 3.69. The number of halogens is 1. The van der Waals surface area contributed by atoms with Gasteiger partial charge in [-0.25, -0.2) is 9.59 Å². The molecular formula is C13H15IO4. The maximum atomic E-state index is 12.0. The molecule has 0 saturated heterocycles. The fourth-order valence-electron chi connectivity index (χ4n) is 1.29. The van der Waals surface area contributed by atoms with Crippen molar-refractivity contribution in [3.8, 4) is 0 Å². The van der Waals surface area contributed by atoms with Crippen molar-refractivity contribution in [1.82, 2.24) is 0 Å². The normalized spacial score (nSPS) is 10.9. The molecule has 5 heteroatoms. The van der Waals surface area contributed by atoms with Crippen LogP contribution in [0.15, 0.2) is 18.2 Å². The first-order chi connectivity index (χ1) is 8.26. The van der Waals surface area contributed by atoms with Gasteiger partial charge < -0.3 is 9.47 Å². The molecule has 0 saturated carbocycles. The summed E-state index contributed by atoms with van der Waals surface area (Å²) in [7, 11) is 1.30. The highest BCUT2D eigenvalue weighted by Gasteiger charge is 2.22. The molecule has 0 bridgehead atoms. The summed E-state index contributed by atoms with van der Waals surface area (Å²) in [5.41, 5.74) is 0.163. The summed E-state index contributed by atoms with van der Waals surface area (Å²) < 4.78 is 10.5. The summed E-state index contributed by atoms with van der Waals surface area (Å²) in [4.78, 5) is 23.5. The Kier molecular flexibility index (Phi) is 4.72. The maximum absolute atomic E-state index is 12.0. The summed E-state index contributed by atoms with van der Waals surface area (Å²) in [6.07, 6.45) is 0. The van der Waals surface area contributed by atoms with Crippen molar-refractivity contribution in [3.05, 3.63) is 32.9 Å². The summed E-state index contributed by atoms with van der Waals surface area (Å²) in [6, 6.07) is 4.87. The van der Waals surface area contributed by atoms with E-state index in [1.54, 1.807) is 39.0 Å². The molecule has 0 atom stereocenters. The molecular weight excluding hydrogens is 347 g/mol. The van der Waals surface area contributed by atoms with Gasteiger partial charge >= 0.3 is 11.9 Å². The van der Waals surface area contributed by atoms with Crippen LogP contribution in [-0.4, -0.2) is 24.6 Å². The highest BCUT2D eigenvalue weighted by molar-refractivity contribution is 14.1. The lowest BCUT2D eigenvalue weighted by molar-refractivity contribution is 0.00683. The van der Waals surface area contributed by atoms with E-state index in [2.05, 4.69) is 4.74 Å². The Morgan fingerprint density at radius 3 is 2.06 bits per heavy atom. The first-order valence-electron chi connectivity index (χ1n) is 5.36. The molecule has 0 heterocycles. The number of methoxy groups -OCH3 is 1. The Bertz CT molecular complexity index is 474. The molecule has 0 fully saturated rings. The van der Waals surface area contributed by atoms with Crippen molar-refractivity contribution >= 4 is 34.5 Å². The molecule has 98 valence electrons. The molecule has 0 spiro atoms. The zero-order valence-corrected chi connectivity index (χ0v) is 12.9. The third-order valence-corrected chi connectivity index (χ3v) is 3.19. The van der Waals surface area contributed by atoms with Crippen LogP contribution in [0, 0.1) is 3.57 Å². The number of carbonyl (C=O) groups excluding carboxylic acids is 2. The Morgan fingerprint density at radius 1 is 1.11 bits per heavy atom. The van der Waals surface area contributed by atoms with Crippen LogP contribution in [0.2, 0.25) is 0 Å². The molecule has 18 heavy (non-hydrogen) atoms. The fraction of sp³-hybridized carbons (Fsp3) is 0.385. The Morgan fingerprint density at radius 2 is 1.61 bits per heavy atom. The summed E-state index contributed by atoms with van der Waals surface area (Å²) in [6.45, 7) is 5.38. The predicted molar refractivity (Wildman–Crippen MR) is 75.7 cm³/mol. The van der Waals surface area contributed by atoms with E-state index >= 15 is 0 Å². The quantitative estimate of drug-likeness (QED) is 0.600. The van der Waals surface area contributed by atoms with Crippen LogP contribution in [0.5, 0.6) is 0 Å². The summed E-state index contributed by atoms with van der Waals surface area (Å²) >= 11 is 1.94. The van der Waals surface area contributed by atoms with Crippen LogP contribution in [-0.2, 0) is 9.47 Å². The number of hydrogen-bond donors (Lipinski definition) is 0. The second kappa shape index (κ2) is 5.69. The smallest absolute Gasteiger partial charge is 0.339 e. The monoisotopic (exact) mass is 362 g/mol. The first-order valence-corrected chi connectivity index (χ1v) is 6.44. The van der Waals surface area contributed by atoms with Crippen molar-refractivity contribution in [3.63, 3.8) is 0 Å². The number of carbonyl (C=O) groups is 2.